The van der Waals surface area contributed by atoms with Gasteiger partial charge in [0.1, 0.15) is 18.1 Å². The van der Waals surface area contributed by atoms with Gasteiger partial charge in [0.15, 0.2) is 0 Å². The topological polar surface area (TPSA) is 72.5 Å². The summed E-state index contributed by atoms with van der Waals surface area (Å²) >= 11 is 1.53. The van der Waals surface area contributed by atoms with Gasteiger partial charge in [-0.15, -0.1) is 11.3 Å². The van der Waals surface area contributed by atoms with E-state index in [0.717, 1.165) is 17.0 Å². The maximum Gasteiger partial charge on any atom is 0.319 e. The Bertz CT molecular complexity index is 880. The molecule has 6 nitrogen and oxygen atoms in total. The molecule has 0 unspecified atom stereocenters. The van der Waals surface area contributed by atoms with Crippen molar-refractivity contribution in [3.63, 3.8) is 0 Å². The number of benzene rings is 2. The minimum atomic E-state index is -0.279. The van der Waals surface area contributed by atoms with Crippen LogP contribution in [0.2, 0.25) is 0 Å². The number of carbonyl (C=O) groups excluding carboxylic acids is 1. The van der Waals surface area contributed by atoms with Crippen LogP contribution in [0.3, 0.4) is 0 Å². The van der Waals surface area contributed by atoms with Crippen molar-refractivity contribution < 1.29 is 14.3 Å². The minimum Gasteiger partial charge on any atom is -0.491 e. The molecular weight excluding hydrogens is 374 g/mol. The summed E-state index contributed by atoms with van der Waals surface area (Å²) in [5, 5.41) is 7.60. The summed E-state index contributed by atoms with van der Waals surface area (Å²) in [6, 6.07) is 14.7. The van der Waals surface area contributed by atoms with E-state index in [9.17, 15) is 4.79 Å². The van der Waals surface area contributed by atoms with Gasteiger partial charge in [0.2, 0.25) is 0 Å². The Morgan fingerprint density at radius 2 is 1.96 bits per heavy atom. The van der Waals surface area contributed by atoms with Crippen LogP contribution < -0.4 is 20.1 Å². The van der Waals surface area contributed by atoms with Gasteiger partial charge in [-0.3, -0.25) is 0 Å². The molecule has 0 saturated carbocycles. The fourth-order valence-corrected chi connectivity index (χ4v) is 2.99. The van der Waals surface area contributed by atoms with Crippen LogP contribution in [0.25, 0.3) is 0 Å². The molecule has 0 radical (unpaired) electrons. The summed E-state index contributed by atoms with van der Waals surface area (Å²) in [7, 11) is 0. The summed E-state index contributed by atoms with van der Waals surface area (Å²) in [6.07, 6.45) is 0.135. The molecule has 0 spiro atoms. The predicted octanol–water partition coefficient (Wildman–Crippen LogP) is 4.83. The first-order valence-corrected chi connectivity index (χ1v) is 9.93. The van der Waals surface area contributed by atoms with Crippen LogP contribution in [0.15, 0.2) is 59.4 Å². The Morgan fingerprint density at radius 3 is 2.68 bits per heavy atom. The number of rotatable bonds is 8. The molecule has 0 aliphatic rings. The quantitative estimate of drug-likeness (QED) is 0.571. The average molecular weight is 398 g/mol. The number of ether oxygens (including phenoxy) is 2. The Balaban J connectivity index is 1.47. The number of nitrogens with zero attached hydrogens (tertiary/aromatic N) is 1. The van der Waals surface area contributed by atoms with Crippen molar-refractivity contribution in [1.82, 2.24) is 10.3 Å². The van der Waals surface area contributed by atoms with Gasteiger partial charge in [0, 0.05) is 23.7 Å². The monoisotopic (exact) mass is 397 g/mol. The molecule has 7 heteroatoms. The first kappa shape index (κ1) is 19.7. The number of hydrogen-bond donors (Lipinski definition) is 2. The largest absolute Gasteiger partial charge is 0.491 e. The molecule has 0 saturated heterocycles. The van der Waals surface area contributed by atoms with Gasteiger partial charge < -0.3 is 20.1 Å². The number of hydrogen-bond acceptors (Lipinski definition) is 5. The second kappa shape index (κ2) is 9.75. The van der Waals surface area contributed by atoms with Crippen LogP contribution in [0, 0.1) is 0 Å². The number of aromatic nitrogens is 1. The highest BCUT2D eigenvalue weighted by molar-refractivity contribution is 7.07. The van der Waals surface area contributed by atoms with Gasteiger partial charge in [-0.2, -0.15) is 0 Å². The summed E-state index contributed by atoms with van der Waals surface area (Å²) in [4.78, 5) is 16.3. The lowest BCUT2D eigenvalue weighted by atomic mass is 10.2. The molecule has 0 fully saturated rings. The van der Waals surface area contributed by atoms with Crippen LogP contribution in [-0.4, -0.2) is 17.1 Å². The Morgan fingerprint density at radius 1 is 1.14 bits per heavy atom. The molecule has 3 aromatic rings. The van der Waals surface area contributed by atoms with Crippen LogP contribution in [-0.2, 0) is 13.2 Å². The molecule has 2 N–H and O–H groups in total. The first-order valence-electron chi connectivity index (χ1n) is 8.99. The van der Waals surface area contributed by atoms with E-state index in [4.69, 9.17) is 9.47 Å². The third kappa shape index (κ3) is 6.28. The molecule has 1 heterocycles. The molecule has 0 aliphatic carbocycles. The van der Waals surface area contributed by atoms with Crippen LogP contribution in [0.4, 0.5) is 10.5 Å². The molecule has 2 aromatic carbocycles. The molecule has 1 aromatic heterocycles. The van der Waals surface area contributed by atoms with Crippen LogP contribution in [0.1, 0.15) is 25.1 Å². The van der Waals surface area contributed by atoms with Crippen LogP contribution >= 0.6 is 11.3 Å². The zero-order valence-electron chi connectivity index (χ0n) is 15.8. The van der Waals surface area contributed by atoms with E-state index in [1.54, 1.807) is 11.6 Å². The maximum absolute atomic E-state index is 12.2. The molecule has 3 rings (SSSR count). The normalized spacial score (nSPS) is 10.5. The lowest BCUT2D eigenvalue weighted by Gasteiger charge is -2.11. The van der Waals surface area contributed by atoms with Gasteiger partial charge in [-0.1, -0.05) is 18.2 Å². The highest BCUT2D eigenvalue weighted by atomic mass is 32.1. The number of amides is 2. The number of thiazole rings is 1. The minimum absolute atomic E-state index is 0.135. The second-order valence-electron chi connectivity index (χ2n) is 6.41. The lowest BCUT2D eigenvalue weighted by molar-refractivity contribution is 0.242. The van der Waals surface area contributed by atoms with Crippen molar-refractivity contribution in [3.8, 4) is 11.5 Å². The first-order chi connectivity index (χ1) is 13.6. The predicted molar refractivity (Wildman–Crippen MR) is 111 cm³/mol. The molecule has 0 aliphatic heterocycles. The molecular formula is C21H23N3O3S. The van der Waals surface area contributed by atoms with Crippen molar-refractivity contribution in [2.45, 2.75) is 33.1 Å². The summed E-state index contributed by atoms with van der Waals surface area (Å²) in [5.41, 5.74) is 4.30. The van der Waals surface area contributed by atoms with E-state index >= 15 is 0 Å². The van der Waals surface area contributed by atoms with Gasteiger partial charge in [0.05, 0.1) is 17.3 Å². The van der Waals surface area contributed by atoms with E-state index in [1.165, 1.54) is 11.3 Å². The molecule has 146 valence electrons. The fraction of sp³-hybridized carbons (Fsp3) is 0.238. The van der Waals surface area contributed by atoms with E-state index in [-0.39, 0.29) is 12.1 Å². The van der Waals surface area contributed by atoms with Crippen molar-refractivity contribution in [2.75, 3.05) is 5.32 Å². The van der Waals surface area contributed by atoms with E-state index < -0.39 is 0 Å². The van der Waals surface area contributed by atoms with Gasteiger partial charge in [0.25, 0.3) is 0 Å². The molecule has 0 atom stereocenters. The van der Waals surface area contributed by atoms with E-state index in [2.05, 4.69) is 15.6 Å². The third-order valence-electron chi connectivity index (χ3n) is 3.71. The smallest absolute Gasteiger partial charge is 0.319 e. The molecule has 2 amide bonds. The zero-order chi connectivity index (χ0) is 19.8. The number of carbonyl (C=O) groups is 1. The number of anilines is 1. The molecule has 0 bridgehead atoms. The number of nitrogens with one attached hydrogen (secondary N) is 2. The van der Waals surface area contributed by atoms with Gasteiger partial charge in [-0.25, -0.2) is 9.78 Å². The van der Waals surface area contributed by atoms with Crippen molar-refractivity contribution >= 4 is 23.1 Å². The summed E-state index contributed by atoms with van der Waals surface area (Å²) in [6.45, 7) is 4.79. The van der Waals surface area contributed by atoms with Crippen molar-refractivity contribution in [2.24, 2.45) is 0 Å². The van der Waals surface area contributed by atoms with Crippen LogP contribution in [0.5, 0.6) is 11.5 Å². The Hall–Kier alpha value is -3.06. The van der Waals surface area contributed by atoms with E-state index in [1.807, 2.05) is 61.7 Å². The average Bonchev–Trinajstić information content (AvgIpc) is 3.19. The third-order valence-corrected chi connectivity index (χ3v) is 4.35. The Labute approximate surface area is 168 Å². The second-order valence-corrected chi connectivity index (χ2v) is 7.13. The maximum atomic E-state index is 12.2. The van der Waals surface area contributed by atoms with E-state index in [0.29, 0.717) is 24.6 Å². The summed E-state index contributed by atoms with van der Waals surface area (Å²) in [5.74, 6) is 1.49. The molecule has 28 heavy (non-hydrogen) atoms. The highest BCUT2D eigenvalue weighted by Gasteiger charge is 2.05. The Kier molecular flexibility index (Phi) is 6.86. The lowest BCUT2D eigenvalue weighted by Crippen LogP contribution is -2.28. The van der Waals surface area contributed by atoms with Gasteiger partial charge in [-0.05, 0) is 43.7 Å². The summed E-state index contributed by atoms with van der Waals surface area (Å²) < 4.78 is 11.3. The zero-order valence-corrected chi connectivity index (χ0v) is 16.7. The van der Waals surface area contributed by atoms with Crippen molar-refractivity contribution in [3.05, 3.63) is 70.7 Å². The standard InChI is InChI=1S/C21H23N3O3S/c1-15(2)27-19-8-6-16(7-9-19)11-22-21(25)24-17-4-3-5-20(10-17)26-12-18-13-28-14-23-18/h3-10,13-15H,11-12H2,1-2H3,(H2,22,24,25). The SMILES string of the molecule is CC(C)Oc1ccc(CNC(=O)Nc2cccc(OCc3cscn3)c2)cc1. The fourth-order valence-electron chi connectivity index (χ4n) is 2.45. The highest BCUT2D eigenvalue weighted by Crippen LogP contribution is 2.19. The van der Waals surface area contributed by atoms with Crippen molar-refractivity contribution in [1.29, 1.82) is 0 Å². The number of urea groups is 1. The van der Waals surface area contributed by atoms with Gasteiger partial charge >= 0.3 is 6.03 Å².